The Labute approximate surface area is 156 Å². The molecule has 1 N–H and O–H groups in total. The summed E-state index contributed by atoms with van der Waals surface area (Å²) < 4.78 is 39.8. The fourth-order valence-corrected chi connectivity index (χ4v) is 3.59. The van der Waals surface area contributed by atoms with Crippen molar-refractivity contribution in [2.75, 3.05) is 6.54 Å². The molecule has 1 fully saturated rings. The lowest BCUT2D eigenvalue weighted by Gasteiger charge is -2.27. The Balaban J connectivity index is 1.69. The quantitative estimate of drug-likeness (QED) is 0.860. The van der Waals surface area contributed by atoms with Crippen molar-refractivity contribution in [3.05, 3.63) is 52.8 Å². The molecule has 2 amide bonds. The Morgan fingerprint density at radius 3 is 2.52 bits per heavy atom. The molecular formula is C19H23F3N4O. The maximum Gasteiger partial charge on any atom is 0.416 e. The largest absolute Gasteiger partial charge is 0.416 e. The third-order valence-corrected chi connectivity index (χ3v) is 5.00. The first-order valence-corrected chi connectivity index (χ1v) is 8.91. The third-order valence-electron chi connectivity index (χ3n) is 5.00. The van der Waals surface area contributed by atoms with Crippen LogP contribution in [0.25, 0.3) is 0 Å². The lowest BCUT2D eigenvalue weighted by molar-refractivity contribution is -0.137. The average Bonchev–Trinajstić information content (AvgIpc) is 3.20. The van der Waals surface area contributed by atoms with Gasteiger partial charge in [0.05, 0.1) is 23.3 Å². The molecule has 0 spiro atoms. The van der Waals surface area contributed by atoms with Gasteiger partial charge in [-0.05, 0) is 44.4 Å². The van der Waals surface area contributed by atoms with Gasteiger partial charge in [-0.15, -0.1) is 0 Å². The highest BCUT2D eigenvalue weighted by atomic mass is 19.4. The molecule has 1 unspecified atom stereocenters. The smallest absolute Gasteiger partial charge is 0.331 e. The number of likely N-dealkylation sites (tertiary alicyclic amines) is 1. The summed E-state index contributed by atoms with van der Waals surface area (Å²) in [6.07, 6.45) is -0.657. The van der Waals surface area contributed by atoms with Crippen LogP contribution < -0.4 is 5.32 Å². The first-order valence-electron chi connectivity index (χ1n) is 8.91. The first-order chi connectivity index (χ1) is 12.7. The van der Waals surface area contributed by atoms with Gasteiger partial charge in [-0.3, -0.25) is 4.68 Å². The Hall–Kier alpha value is -2.51. The first kappa shape index (κ1) is 19.3. The Morgan fingerprint density at radius 1 is 1.30 bits per heavy atom. The van der Waals surface area contributed by atoms with E-state index in [2.05, 4.69) is 10.4 Å². The molecule has 5 nitrogen and oxygen atoms in total. The van der Waals surface area contributed by atoms with Crippen LogP contribution in [0.2, 0.25) is 0 Å². The molecule has 1 aliphatic heterocycles. The highest BCUT2D eigenvalue weighted by Gasteiger charge is 2.33. The molecule has 0 saturated carbocycles. The number of carbonyl (C=O) groups is 1. The number of benzene rings is 1. The lowest BCUT2D eigenvalue weighted by Crippen LogP contribution is -2.40. The Bertz CT molecular complexity index is 813. The van der Waals surface area contributed by atoms with E-state index >= 15 is 0 Å². The summed E-state index contributed by atoms with van der Waals surface area (Å²) in [5.41, 5.74) is 1.87. The van der Waals surface area contributed by atoms with Crippen molar-refractivity contribution in [3.63, 3.8) is 0 Å². The minimum atomic E-state index is -4.37. The predicted molar refractivity (Wildman–Crippen MR) is 95.0 cm³/mol. The van der Waals surface area contributed by atoms with Crippen LogP contribution in [0.5, 0.6) is 0 Å². The number of hydrogen-bond donors (Lipinski definition) is 1. The number of aromatic nitrogens is 2. The van der Waals surface area contributed by atoms with Gasteiger partial charge < -0.3 is 10.2 Å². The number of rotatable bonds is 3. The van der Waals surface area contributed by atoms with Gasteiger partial charge in [0.1, 0.15) is 0 Å². The highest BCUT2D eigenvalue weighted by molar-refractivity contribution is 5.75. The van der Waals surface area contributed by atoms with E-state index in [9.17, 15) is 18.0 Å². The van der Waals surface area contributed by atoms with Gasteiger partial charge in [0.15, 0.2) is 0 Å². The van der Waals surface area contributed by atoms with E-state index in [1.54, 1.807) is 16.5 Å². The van der Waals surface area contributed by atoms with Crippen molar-refractivity contribution in [2.24, 2.45) is 7.05 Å². The highest BCUT2D eigenvalue weighted by Crippen LogP contribution is 2.34. The van der Waals surface area contributed by atoms with Gasteiger partial charge in [-0.2, -0.15) is 18.3 Å². The van der Waals surface area contributed by atoms with E-state index < -0.39 is 17.8 Å². The van der Waals surface area contributed by atoms with Gasteiger partial charge in [-0.1, -0.05) is 12.1 Å². The molecule has 1 aromatic heterocycles. The normalized spacial score (nSPS) is 18.6. The van der Waals surface area contributed by atoms with Crippen molar-refractivity contribution in [1.29, 1.82) is 0 Å². The van der Waals surface area contributed by atoms with Crippen molar-refractivity contribution in [1.82, 2.24) is 20.0 Å². The Kier molecular flexibility index (Phi) is 5.17. The van der Waals surface area contributed by atoms with Crippen LogP contribution in [0, 0.1) is 6.92 Å². The van der Waals surface area contributed by atoms with E-state index in [0.29, 0.717) is 12.1 Å². The van der Waals surface area contributed by atoms with Crippen LogP contribution >= 0.6 is 0 Å². The molecule has 8 heteroatoms. The molecule has 0 aliphatic carbocycles. The second kappa shape index (κ2) is 7.25. The van der Waals surface area contributed by atoms with Gasteiger partial charge in [0.2, 0.25) is 0 Å². The molecule has 27 heavy (non-hydrogen) atoms. The summed E-state index contributed by atoms with van der Waals surface area (Å²) in [6.45, 7) is 4.33. The summed E-state index contributed by atoms with van der Waals surface area (Å²) in [6, 6.07) is 4.24. The fourth-order valence-electron chi connectivity index (χ4n) is 3.59. The van der Waals surface area contributed by atoms with Crippen LogP contribution in [0.1, 0.15) is 54.2 Å². The molecule has 2 heterocycles. The second-order valence-corrected chi connectivity index (χ2v) is 6.99. The zero-order valence-corrected chi connectivity index (χ0v) is 15.5. The molecular weight excluding hydrogens is 357 g/mol. The second-order valence-electron chi connectivity index (χ2n) is 6.99. The SMILES string of the molecule is Cc1nn(C)cc1C1CCCN1C(=O)N[C@@H](C)c1ccc(C(F)(F)F)cc1. The zero-order valence-electron chi connectivity index (χ0n) is 15.5. The number of halogens is 3. The van der Waals surface area contributed by atoms with E-state index in [-0.39, 0.29) is 12.1 Å². The summed E-state index contributed by atoms with van der Waals surface area (Å²) in [5.74, 6) is 0. The van der Waals surface area contributed by atoms with E-state index in [0.717, 1.165) is 36.2 Å². The van der Waals surface area contributed by atoms with Crippen LogP contribution in [0.3, 0.4) is 0 Å². The molecule has 1 saturated heterocycles. The van der Waals surface area contributed by atoms with Gasteiger partial charge in [-0.25, -0.2) is 4.79 Å². The number of urea groups is 1. The molecule has 0 radical (unpaired) electrons. The van der Waals surface area contributed by atoms with E-state index in [4.69, 9.17) is 0 Å². The monoisotopic (exact) mass is 380 g/mol. The van der Waals surface area contributed by atoms with Gasteiger partial charge in [0, 0.05) is 25.4 Å². The fraction of sp³-hybridized carbons (Fsp3) is 0.474. The number of hydrogen-bond acceptors (Lipinski definition) is 2. The topological polar surface area (TPSA) is 50.2 Å². The number of aryl methyl sites for hydroxylation is 2. The third kappa shape index (κ3) is 4.09. The van der Waals surface area contributed by atoms with Crippen molar-refractivity contribution in [2.45, 2.75) is 44.9 Å². The maximum atomic E-state index is 12.8. The molecule has 2 aromatic rings. The van der Waals surface area contributed by atoms with Crippen molar-refractivity contribution >= 4 is 6.03 Å². The van der Waals surface area contributed by atoms with Crippen LogP contribution in [-0.4, -0.2) is 27.3 Å². The zero-order chi connectivity index (χ0) is 19.8. The number of nitrogens with zero attached hydrogens (tertiary/aromatic N) is 3. The summed E-state index contributed by atoms with van der Waals surface area (Å²) >= 11 is 0. The molecule has 1 aromatic carbocycles. The minimum Gasteiger partial charge on any atom is -0.331 e. The minimum absolute atomic E-state index is 0.0292. The van der Waals surface area contributed by atoms with E-state index in [1.165, 1.54) is 12.1 Å². The number of nitrogens with one attached hydrogen (secondary N) is 1. The molecule has 2 atom stereocenters. The average molecular weight is 380 g/mol. The van der Waals surface area contributed by atoms with Gasteiger partial charge >= 0.3 is 12.2 Å². The molecule has 3 rings (SSSR count). The van der Waals surface area contributed by atoms with Crippen LogP contribution in [0.15, 0.2) is 30.5 Å². The standard InChI is InChI=1S/C19H23F3N4O/c1-12(14-6-8-15(9-7-14)19(20,21)22)23-18(27)26-10-4-5-17(26)16-11-25(3)24-13(16)2/h6-9,11-12,17H,4-5,10H2,1-3H3,(H,23,27)/t12-,17?/m0/s1. The van der Waals surface area contributed by atoms with Crippen LogP contribution in [0.4, 0.5) is 18.0 Å². The summed E-state index contributed by atoms with van der Waals surface area (Å²) in [4.78, 5) is 14.5. The van der Waals surface area contributed by atoms with Gasteiger partial charge in [0.25, 0.3) is 0 Å². The predicted octanol–water partition coefficient (Wildman–Crippen LogP) is 4.36. The van der Waals surface area contributed by atoms with Crippen LogP contribution in [-0.2, 0) is 13.2 Å². The molecule has 146 valence electrons. The maximum absolute atomic E-state index is 12.8. The van der Waals surface area contributed by atoms with E-state index in [1.807, 2.05) is 20.2 Å². The lowest BCUT2D eigenvalue weighted by atomic mass is 10.1. The number of alkyl halides is 3. The number of carbonyl (C=O) groups excluding carboxylic acids is 1. The summed E-state index contributed by atoms with van der Waals surface area (Å²) in [5, 5.41) is 7.25. The van der Waals surface area contributed by atoms with Crippen molar-refractivity contribution < 1.29 is 18.0 Å². The number of amides is 2. The molecule has 1 aliphatic rings. The molecule has 0 bridgehead atoms. The Morgan fingerprint density at radius 2 is 1.96 bits per heavy atom. The summed E-state index contributed by atoms with van der Waals surface area (Å²) in [7, 11) is 1.85. The van der Waals surface area contributed by atoms with Crippen molar-refractivity contribution in [3.8, 4) is 0 Å².